The molecule has 5 nitrogen and oxygen atoms in total. The van der Waals surface area contributed by atoms with Crippen molar-refractivity contribution in [1.82, 2.24) is 0 Å². The van der Waals surface area contributed by atoms with E-state index in [-0.39, 0.29) is 18.4 Å². The molecular weight excluding hydrogens is 397 g/mol. The van der Waals surface area contributed by atoms with Crippen molar-refractivity contribution in [3.05, 3.63) is 88.7 Å². The molecule has 0 saturated heterocycles. The third kappa shape index (κ3) is 3.59. The summed E-state index contributed by atoms with van der Waals surface area (Å²) in [6.45, 7) is 0.156. The lowest BCUT2D eigenvalue weighted by Crippen LogP contribution is -2.58. The van der Waals surface area contributed by atoms with Crippen molar-refractivity contribution in [1.29, 1.82) is 0 Å². The fourth-order valence-electron chi connectivity index (χ4n) is 3.27. The topological polar surface area (TPSA) is 53.3 Å². The quantitative estimate of drug-likeness (QED) is 0.660. The number of rotatable bonds is 3. The lowest BCUT2D eigenvalue weighted by Gasteiger charge is -2.32. The maximum Gasteiger partial charge on any atom is 0.294 e. The van der Waals surface area contributed by atoms with Gasteiger partial charge in [-0.3, -0.25) is 14.5 Å². The van der Waals surface area contributed by atoms with E-state index in [1.165, 1.54) is 4.90 Å². The van der Waals surface area contributed by atoms with Gasteiger partial charge < -0.3 is 5.32 Å². The van der Waals surface area contributed by atoms with Crippen molar-refractivity contribution in [2.75, 3.05) is 10.2 Å². The molecule has 28 heavy (non-hydrogen) atoms. The minimum absolute atomic E-state index is 0.156. The van der Waals surface area contributed by atoms with E-state index in [1.54, 1.807) is 59.3 Å². The first-order valence-corrected chi connectivity index (χ1v) is 9.41. The van der Waals surface area contributed by atoms with Crippen LogP contribution in [0.1, 0.15) is 11.7 Å². The lowest BCUT2D eigenvalue weighted by atomic mass is 10.0. The molecule has 0 fully saturated rings. The number of pyridine rings is 1. The number of halogens is 2. The number of anilines is 2. The third-order valence-electron chi connectivity index (χ3n) is 4.55. The molecule has 3 aromatic rings. The highest BCUT2D eigenvalue weighted by Crippen LogP contribution is 2.30. The van der Waals surface area contributed by atoms with Gasteiger partial charge in [0.1, 0.15) is 0 Å². The molecular formula is C21H16Cl2N3O2+. The van der Waals surface area contributed by atoms with Crippen LogP contribution in [-0.4, -0.2) is 11.8 Å². The normalized spacial score (nSPS) is 15.9. The third-order valence-corrected chi connectivity index (χ3v) is 5.06. The fraction of sp³-hybridized carbons (Fsp3) is 0.0952. The van der Waals surface area contributed by atoms with Crippen LogP contribution in [0.4, 0.5) is 11.4 Å². The van der Waals surface area contributed by atoms with E-state index >= 15 is 0 Å². The Morgan fingerprint density at radius 2 is 1.61 bits per heavy atom. The summed E-state index contributed by atoms with van der Waals surface area (Å²) in [5.74, 6) is -0.493. The Labute approximate surface area is 172 Å². The summed E-state index contributed by atoms with van der Waals surface area (Å²) < 4.78 is 1.79. The molecule has 4 rings (SSSR count). The van der Waals surface area contributed by atoms with Gasteiger partial charge in [-0.05, 0) is 48.5 Å². The molecule has 1 N–H and O–H groups in total. The van der Waals surface area contributed by atoms with Crippen LogP contribution in [0.15, 0.2) is 72.9 Å². The number of nitrogens with one attached hydrogen (secondary N) is 1. The van der Waals surface area contributed by atoms with Crippen molar-refractivity contribution < 1.29 is 14.2 Å². The Morgan fingerprint density at radius 3 is 2.29 bits per heavy atom. The average Bonchev–Trinajstić information content (AvgIpc) is 2.69. The Morgan fingerprint density at radius 1 is 0.964 bits per heavy atom. The summed E-state index contributed by atoms with van der Waals surface area (Å²) in [5, 5.41) is 4.02. The van der Waals surface area contributed by atoms with Crippen LogP contribution in [0.2, 0.25) is 10.0 Å². The van der Waals surface area contributed by atoms with E-state index in [9.17, 15) is 9.59 Å². The molecule has 1 atom stereocenters. The number of benzene rings is 2. The van der Waals surface area contributed by atoms with Crippen molar-refractivity contribution in [3.63, 3.8) is 0 Å². The molecule has 0 saturated carbocycles. The minimum atomic E-state index is -0.820. The van der Waals surface area contributed by atoms with Crippen LogP contribution in [0.5, 0.6) is 0 Å². The first-order chi connectivity index (χ1) is 13.5. The highest BCUT2D eigenvalue weighted by atomic mass is 35.5. The van der Waals surface area contributed by atoms with Gasteiger partial charge in [-0.25, -0.2) is 0 Å². The molecule has 140 valence electrons. The number of hydrogen-bond donors (Lipinski definition) is 1. The zero-order valence-electron chi connectivity index (χ0n) is 14.7. The zero-order chi connectivity index (χ0) is 19.7. The van der Waals surface area contributed by atoms with Gasteiger partial charge >= 0.3 is 0 Å². The largest absolute Gasteiger partial charge is 0.324 e. The number of carbonyl (C=O) groups excluding carboxylic acids is 2. The van der Waals surface area contributed by atoms with E-state index in [0.29, 0.717) is 21.4 Å². The van der Waals surface area contributed by atoms with Crippen molar-refractivity contribution in [2.45, 2.75) is 12.6 Å². The Kier molecular flexibility index (Phi) is 5.03. The predicted octanol–water partition coefficient (Wildman–Crippen LogP) is 4.01. The number of amides is 2. The molecule has 0 spiro atoms. The first-order valence-electron chi connectivity index (χ1n) is 8.65. The second kappa shape index (κ2) is 7.62. The van der Waals surface area contributed by atoms with Crippen LogP contribution in [0, 0.1) is 0 Å². The molecule has 1 aromatic heterocycles. The van der Waals surface area contributed by atoms with Gasteiger partial charge in [-0.15, -0.1) is 0 Å². The van der Waals surface area contributed by atoms with E-state index in [2.05, 4.69) is 5.32 Å². The molecule has 0 unspecified atom stereocenters. The van der Waals surface area contributed by atoms with Crippen molar-refractivity contribution >= 4 is 46.4 Å². The standard InChI is InChI=1S/C21H15Cl2N3O2/c22-14-4-8-16(9-5-14)24-21(28)20-18-3-1-2-12-25(18)13-19(27)26(20)17-10-6-15(23)7-11-17/h1-12,20H,13H2/p+1/t20-/m0/s1. The summed E-state index contributed by atoms with van der Waals surface area (Å²) in [5.41, 5.74) is 1.94. The highest BCUT2D eigenvalue weighted by Gasteiger charge is 2.43. The molecule has 2 aromatic carbocycles. The molecule has 7 heteroatoms. The first kappa shape index (κ1) is 18.5. The maximum absolute atomic E-state index is 13.2. The van der Waals surface area contributed by atoms with E-state index < -0.39 is 6.04 Å². The molecule has 0 aliphatic carbocycles. The van der Waals surface area contributed by atoms with Gasteiger partial charge in [0.05, 0.1) is 0 Å². The van der Waals surface area contributed by atoms with Gasteiger partial charge in [0.25, 0.3) is 11.8 Å². The summed E-state index contributed by atoms with van der Waals surface area (Å²) in [6.07, 6.45) is 1.80. The van der Waals surface area contributed by atoms with Crippen LogP contribution in [-0.2, 0) is 16.1 Å². The molecule has 1 aliphatic rings. The van der Waals surface area contributed by atoms with E-state index in [1.807, 2.05) is 18.2 Å². The molecule has 2 amide bonds. The van der Waals surface area contributed by atoms with Crippen LogP contribution >= 0.6 is 23.2 Å². The number of fused-ring (bicyclic) bond motifs is 1. The highest BCUT2D eigenvalue weighted by molar-refractivity contribution is 6.31. The molecule has 2 heterocycles. The molecule has 1 aliphatic heterocycles. The van der Waals surface area contributed by atoms with E-state index in [0.717, 1.165) is 5.69 Å². The van der Waals surface area contributed by atoms with Crippen LogP contribution in [0.25, 0.3) is 0 Å². The van der Waals surface area contributed by atoms with Crippen LogP contribution < -0.4 is 14.8 Å². The van der Waals surface area contributed by atoms with Gasteiger partial charge in [-0.2, -0.15) is 4.57 Å². The van der Waals surface area contributed by atoms with Gasteiger partial charge in [0.15, 0.2) is 6.20 Å². The second-order valence-electron chi connectivity index (χ2n) is 6.39. The van der Waals surface area contributed by atoms with Crippen molar-refractivity contribution in [3.8, 4) is 0 Å². The number of aromatic nitrogens is 1. The van der Waals surface area contributed by atoms with Gasteiger partial charge in [0, 0.05) is 33.6 Å². The predicted molar refractivity (Wildman–Crippen MR) is 108 cm³/mol. The smallest absolute Gasteiger partial charge is 0.294 e. The van der Waals surface area contributed by atoms with Gasteiger partial charge in [-0.1, -0.05) is 29.3 Å². The SMILES string of the molecule is O=C(Nc1ccc(Cl)cc1)[C@@H]1c2cccc[n+]2CC(=O)N1c1ccc(Cl)cc1. The number of nitrogens with zero attached hydrogens (tertiary/aromatic N) is 2. The fourth-order valence-corrected chi connectivity index (χ4v) is 3.52. The van der Waals surface area contributed by atoms with E-state index in [4.69, 9.17) is 23.2 Å². The monoisotopic (exact) mass is 412 g/mol. The van der Waals surface area contributed by atoms with Crippen LogP contribution in [0.3, 0.4) is 0 Å². The zero-order valence-corrected chi connectivity index (χ0v) is 16.2. The average molecular weight is 413 g/mol. The lowest BCUT2D eigenvalue weighted by molar-refractivity contribution is -0.695. The molecule has 0 radical (unpaired) electrons. The second-order valence-corrected chi connectivity index (χ2v) is 7.27. The maximum atomic E-state index is 13.2. The minimum Gasteiger partial charge on any atom is -0.324 e. The number of hydrogen-bond acceptors (Lipinski definition) is 2. The Bertz CT molecular complexity index is 1040. The summed E-state index contributed by atoms with van der Waals surface area (Å²) >= 11 is 11.9. The Balaban J connectivity index is 1.75. The van der Waals surface area contributed by atoms with Crippen molar-refractivity contribution in [2.24, 2.45) is 0 Å². The summed E-state index contributed by atoms with van der Waals surface area (Å²) in [7, 11) is 0. The number of carbonyl (C=O) groups is 2. The van der Waals surface area contributed by atoms with Gasteiger partial charge in [0.2, 0.25) is 18.3 Å². The molecule has 0 bridgehead atoms. The summed E-state index contributed by atoms with van der Waals surface area (Å²) in [4.78, 5) is 27.7. The summed E-state index contributed by atoms with van der Waals surface area (Å²) in [6, 6.07) is 18.4. The Hall–Kier alpha value is -2.89.